The Labute approximate surface area is 171 Å². The first-order valence-corrected chi connectivity index (χ1v) is 9.33. The molecule has 0 radical (unpaired) electrons. The Balaban J connectivity index is 1.49. The molecule has 0 N–H and O–H groups in total. The van der Waals surface area contributed by atoms with Gasteiger partial charge in [-0.25, -0.2) is 4.39 Å². The Morgan fingerprint density at radius 3 is 2.43 bits per heavy atom. The fourth-order valence-corrected chi connectivity index (χ4v) is 3.40. The number of halogens is 1. The van der Waals surface area contributed by atoms with Gasteiger partial charge in [0.25, 0.3) is 5.91 Å². The molecule has 0 aliphatic carbocycles. The van der Waals surface area contributed by atoms with Crippen LogP contribution in [0.1, 0.15) is 21.9 Å². The first-order chi connectivity index (χ1) is 14.5. The number of amides is 1. The largest absolute Gasteiger partial charge is 0.497 e. The smallest absolute Gasteiger partial charge is 0.295 e. The van der Waals surface area contributed by atoms with Crippen LogP contribution in [0.5, 0.6) is 5.75 Å². The number of nitrogens with zero attached hydrogens (tertiary/aromatic N) is 1. The normalized spacial score (nSPS) is 16.2. The van der Waals surface area contributed by atoms with Crippen molar-refractivity contribution in [2.75, 3.05) is 18.6 Å². The second-order valence-corrected chi connectivity index (χ2v) is 6.96. The highest BCUT2D eigenvalue weighted by atomic mass is 19.1. The van der Waals surface area contributed by atoms with Gasteiger partial charge in [0.15, 0.2) is 5.76 Å². The molecule has 1 unspecified atom stereocenters. The number of methoxy groups -OCH3 is 1. The third kappa shape index (κ3) is 3.74. The molecule has 3 aromatic rings. The average Bonchev–Trinajstić information content (AvgIpc) is 3.34. The lowest BCUT2D eigenvalue weighted by molar-refractivity contribution is -0.135. The number of anilines is 1. The van der Waals surface area contributed by atoms with Crippen LogP contribution in [0.15, 0.2) is 65.1 Å². The van der Waals surface area contributed by atoms with Gasteiger partial charge >= 0.3 is 0 Å². The van der Waals surface area contributed by atoms with Crippen molar-refractivity contribution in [1.29, 1.82) is 0 Å². The molecule has 1 aliphatic rings. The third-order valence-corrected chi connectivity index (χ3v) is 5.03. The van der Waals surface area contributed by atoms with Gasteiger partial charge in [-0.3, -0.25) is 14.4 Å². The average molecular weight is 407 g/mol. The lowest BCUT2D eigenvalue weighted by Gasteiger charge is -2.15. The molecule has 152 valence electrons. The maximum absolute atomic E-state index is 13.0. The van der Waals surface area contributed by atoms with Crippen LogP contribution in [0.3, 0.4) is 0 Å². The Kier molecular flexibility index (Phi) is 5.18. The van der Waals surface area contributed by atoms with E-state index in [0.29, 0.717) is 23.6 Å². The molecule has 2 aromatic carbocycles. The summed E-state index contributed by atoms with van der Waals surface area (Å²) in [7, 11) is 1.53. The second kappa shape index (κ2) is 7.94. The van der Waals surface area contributed by atoms with Crippen molar-refractivity contribution in [3.05, 3.63) is 83.6 Å². The van der Waals surface area contributed by atoms with Gasteiger partial charge in [0.1, 0.15) is 23.2 Å². The number of carbonyl (C=O) groups is 3. The van der Waals surface area contributed by atoms with Crippen molar-refractivity contribution in [2.45, 2.75) is 6.42 Å². The number of hydrogen-bond acceptors (Lipinski definition) is 5. The minimum Gasteiger partial charge on any atom is -0.497 e. The number of ketones is 2. The summed E-state index contributed by atoms with van der Waals surface area (Å²) in [6.07, 6.45) is 0.378. The van der Waals surface area contributed by atoms with Crippen LogP contribution in [0, 0.1) is 11.7 Å². The fraction of sp³-hybridized carbons (Fsp3) is 0.174. The number of hydrogen-bond donors (Lipinski definition) is 0. The summed E-state index contributed by atoms with van der Waals surface area (Å²) in [5, 5.41) is 0. The van der Waals surface area contributed by atoms with Gasteiger partial charge in [-0.1, -0.05) is 12.1 Å². The van der Waals surface area contributed by atoms with Crippen LogP contribution in [0.4, 0.5) is 10.1 Å². The highest BCUT2D eigenvalue weighted by molar-refractivity contribution is 6.48. The maximum Gasteiger partial charge on any atom is 0.295 e. The summed E-state index contributed by atoms with van der Waals surface area (Å²) in [6, 6.07) is 15.8. The van der Waals surface area contributed by atoms with E-state index in [4.69, 9.17) is 9.15 Å². The van der Waals surface area contributed by atoms with Crippen molar-refractivity contribution in [3.63, 3.8) is 0 Å². The predicted octanol–water partition coefficient (Wildman–Crippen LogP) is 3.43. The van der Waals surface area contributed by atoms with Crippen molar-refractivity contribution in [3.8, 4) is 5.75 Å². The summed E-state index contributed by atoms with van der Waals surface area (Å²) >= 11 is 0. The van der Waals surface area contributed by atoms with E-state index in [9.17, 15) is 18.8 Å². The van der Waals surface area contributed by atoms with Gasteiger partial charge in [-0.15, -0.1) is 0 Å². The summed E-state index contributed by atoms with van der Waals surface area (Å²) in [5.41, 5.74) is 1.34. The molecule has 6 nitrogen and oxygen atoms in total. The lowest BCUT2D eigenvalue weighted by atomic mass is 10.0. The van der Waals surface area contributed by atoms with Crippen LogP contribution in [0.25, 0.3) is 0 Å². The van der Waals surface area contributed by atoms with Gasteiger partial charge in [0.2, 0.25) is 11.6 Å². The van der Waals surface area contributed by atoms with Gasteiger partial charge in [-0.2, -0.15) is 0 Å². The standard InChI is InChI=1S/C23H18FNO5/c1-29-17-8-6-16(7-9-17)25-13-19(22(27)23(25)28)21(26)20-11-10-18(30-20)12-14-2-4-15(24)5-3-14/h2-11,19H,12-13H2,1H3. The van der Waals surface area contributed by atoms with E-state index in [0.717, 1.165) is 5.56 Å². The molecule has 1 amide bonds. The zero-order valence-corrected chi connectivity index (χ0v) is 16.1. The maximum atomic E-state index is 13.0. The zero-order valence-electron chi connectivity index (χ0n) is 16.1. The molecule has 1 fully saturated rings. The molecule has 1 aliphatic heterocycles. The monoisotopic (exact) mass is 407 g/mol. The summed E-state index contributed by atoms with van der Waals surface area (Å²) in [5.74, 6) is -2.32. The Hall–Kier alpha value is -3.74. The lowest BCUT2D eigenvalue weighted by Crippen LogP contribution is -2.26. The zero-order chi connectivity index (χ0) is 21.3. The Bertz CT molecular complexity index is 1100. The third-order valence-electron chi connectivity index (χ3n) is 5.03. The molecule has 1 aromatic heterocycles. The van der Waals surface area contributed by atoms with Crippen LogP contribution in [0.2, 0.25) is 0 Å². The first-order valence-electron chi connectivity index (χ1n) is 9.33. The van der Waals surface area contributed by atoms with Gasteiger partial charge in [-0.05, 0) is 54.1 Å². The molecule has 30 heavy (non-hydrogen) atoms. The topological polar surface area (TPSA) is 76.8 Å². The molecule has 0 spiro atoms. The van der Waals surface area contributed by atoms with Crippen LogP contribution in [-0.2, 0) is 16.0 Å². The molecule has 2 heterocycles. The number of Topliss-reactive ketones (excluding diaryl/α,β-unsaturated/α-hetero) is 2. The molecule has 1 atom stereocenters. The molecular formula is C23H18FNO5. The predicted molar refractivity (Wildman–Crippen MR) is 106 cm³/mol. The van der Waals surface area contributed by atoms with E-state index in [1.807, 2.05) is 0 Å². The molecular weight excluding hydrogens is 389 g/mol. The second-order valence-electron chi connectivity index (χ2n) is 6.96. The quantitative estimate of drug-likeness (QED) is 0.355. The minimum absolute atomic E-state index is 0.0230. The van der Waals surface area contributed by atoms with E-state index in [1.165, 1.54) is 30.2 Å². The van der Waals surface area contributed by atoms with Crippen molar-refractivity contribution >= 4 is 23.2 Å². The van der Waals surface area contributed by atoms with E-state index in [2.05, 4.69) is 0 Å². The number of benzene rings is 2. The van der Waals surface area contributed by atoms with Crippen LogP contribution < -0.4 is 9.64 Å². The van der Waals surface area contributed by atoms with E-state index < -0.39 is 23.4 Å². The van der Waals surface area contributed by atoms with E-state index in [1.54, 1.807) is 42.5 Å². The van der Waals surface area contributed by atoms with Crippen molar-refractivity contribution < 1.29 is 27.9 Å². The molecule has 1 saturated heterocycles. The summed E-state index contributed by atoms with van der Waals surface area (Å²) in [4.78, 5) is 39.0. The number of rotatable bonds is 6. The minimum atomic E-state index is -1.12. The molecule has 0 saturated carbocycles. The summed E-state index contributed by atoms with van der Waals surface area (Å²) in [6.45, 7) is -0.0448. The van der Waals surface area contributed by atoms with Crippen LogP contribution >= 0.6 is 0 Å². The number of ether oxygens (including phenoxy) is 1. The number of carbonyl (C=O) groups excluding carboxylic acids is 3. The first kappa shape index (κ1) is 19.6. The van der Waals surface area contributed by atoms with Gasteiger partial charge in [0, 0.05) is 18.7 Å². The fourth-order valence-electron chi connectivity index (χ4n) is 3.40. The SMILES string of the molecule is COc1ccc(N2CC(C(=O)c3ccc(Cc4ccc(F)cc4)o3)C(=O)C2=O)cc1. The highest BCUT2D eigenvalue weighted by Crippen LogP contribution is 2.27. The molecule has 4 rings (SSSR count). The van der Waals surface area contributed by atoms with Gasteiger partial charge < -0.3 is 14.1 Å². The Morgan fingerprint density at radius 2 is 1.77 bits per heavy atom. The summed E-state index contributed by atoms with van der Waals surface area (Å²) < 4.78 is 23.7. The van der Waals surface area contributed by atoms with Crippen molar-refractivity contribution in [2.24, 2.45) is 5.92 Å². The van der Waals surface area contributed by atoms with Crippen LogP contribution in [-0.4, -0.2) is 31.1 Å². The number of furan rings is 1. The van der Waals surface area contributed by atoms with E-state index in [-0.39, 0.29) is 18.1 Å². The van der Waals surface area contributed by atoms with Gasteiger partial charge in [0.05, 0.1) is 7.11 Å². The molecule has 0 bridgehead atoms. The highest BCUT2D eigenvalue weighted by Gasteiger charge is 2.44. The van der Waals surface area contributed by atoms with E-state index >= 15 is 0 Å². The molecule has 7 heteroatoms. The van der Waals surface area contributed by atoms with Crippen molar-refractivity contribution in [1.82, 2.24) is 0 Å². The Morgan fingerprint density at radius 1 is 1.07 bits per heavy atom.